The number of nitrogens with one attached hydrogen (secondary N) is 1. The largest absolute Gasteiger partial charge is 0.507 e. The number of allylic oxidation sites excluding steroid dienone is 1. The van der Waals surface area contributed by atoms with E-state index in [1.165, 1.54) is 20.3 Å². The standard InChI is InChI=1S/C32H36ClNO8S/c1-16-13-22(36)26(30(38)32(16)31(39)27-23(40-2)15-24(41-3)28(33)29(27)42-32)21(17-5-11-20(43-4)12-6-17)14-25(37)34-18-7-9-19(35)10-8-18/h5-6,11-12,15-16,18-19,21,35,38H,7-10,13-14H2,1-4H3,(H,34,37). The molecule has 3 unspecified atom stereocenters. The highest BCUT2D eigenvalue weighted by atomic mass is 35.5. The minimum absolute atomic E-state index is 0.00747. The number of methoxy groups -OCH3 is 2. The Hall–Kier alpha value is -3.21. The van der Waals surface area contributed by atoms with Gasteiger partial charge in [0.05, 0.1) is 20.3 Å². The van der Waals surface area contributed by atoms with Crippen LogP contribution in [0.4, 0.5) is 0 Å². The average molecular weight is 630 g/mol. The second kappa shape index (κ2) is 12.4. The van der Waals surface area contributed by atoms with Gasteiger partial charge in [-0.15, -0.1) is 11.8 Å². The molecular formula is C32H36ClNO8S. The molecule has 1 fully saturated rings. The van der Waals surface area contributed by atoms with Crippen LogP contribution < -0.4 is 19.5 Å². The molecule has 43 heavy (non-hydrogen) atoms. The van der Waals surface area contributed by atoms with Gasteiger partial charge in [0.2, 0.25) is 17.3 Å². The molecule has 11 heteroatoms. The number of aliphatic hydroxyl groups is 2. The Balaban J connectivity index is 1.60. The minimum atomic E-state index is -1.94. The van der Waals surface area contributed by atoms with Gasteiger partial charge >= 0.3 is 0 Å². The molecule has 1 heterocycles. The summed E-state index contributed by atoms with van der Waals surface area (Å²) in [6.07, 6.45) is 3.86. The van der Waals surface area contributed by atoms with Gasteiger partial charge in [-0.1, -0.05) is 30.7 Å². The number of aliphatic hydroxyl groups excluding tert-OH is 2. The van der Waals surface area contributed by atoms with Crippen molar-refractivity contribution >= 4 is 40.8 Å². The van der Waals surface area contributed by atoms with Crippen LogP contribution in [0.5, 0.6) is 17.2 Å². The number of thioether (sulfide) groups is 1. The number of fused-ring (bicyclic) bond motifs is 1. The molecule has 3 atom stereocenters. The lowest BCUT2D eigenvalue weighted by Gasteiger charge is -2.39. The zero-order valence-corrected chi connectivity index (χ0v) is 26.1. The van der Waals surface area contributed by atoms with E-state index in [0.29, 0.717) is 31.2 Å². The van der Waals surface area contributed by atoms with E-state index in [-0.39, 0.29) is 70.1 Å². The van der Waals surface area contributed by atoms with Crippen molar-refractivity contribution < 1.29 is 38.8 Å². The Kier molecular flexibility index (Phi) is 9.02. The number of hydrogen-bond acceptors (Lipinski definition) is 9. The molecule has 230 valence electrons. The molecule has 1 spiro atoms. The van der Waals surface area contributed by atoms with Crippen molar-refractivity contribution in [1.29, 1.82) is 0 Å². The lowest BCUT2D eigenvalue weighted by atomic mass is 9.69. The van der Waals surface area contributed by atoms with Crippen LogP contribution in [0, 0.1) is 5.92 Å². The summed E-state index contributed by atoms with van der Waals surface area (Å²) in [6, 6.07) is 8.82. The molecule has 1 aliphatic heterocycles. The molecule has 0 bridgehead atoms. The summed E-state index contributed by atoms with van der Waals surface area (Å²) < 4.78 is 17.1. The number of ether oxygens (including phenoxy) is 3. The van der Waals surface area contributed by atoms with E-state index in [1.807, 2.05) is 30.5 Å². The predicted molar refractivity (Wildman–Crippen MR) is 163 cm³/mol. The zero-order valence-electron chi connectivity index (χ0n) is 24.6. The average Bonchev–Trinajstić information content (AvgIpc) is 3.31. The zero-order chi connectivity index (χ0) is 31.1. The Labute approximate surface area is 259 Å². The van der Waals surface area contributed by atoms with Crippen molar-refractivity contribution in [3.8, 4) is 17.2 Å². The summed E-state index contributed by atoms with van der Waals surface area (Å²) in [5.74, 6) is -2.98. The number of rotatable bonds is 8. The number of carbonyl (C=O) groups is 3. The molecule has 0 aromatic heterocycles. The summed E-state index contributed by atoms with van der Waals surface area (Å²) in [5.41, 5.74) is -1.28. The number of halogens is 1. The molecule has 2 aliphatic carbocycles. The van der Waals surface area contributed by atoms with Crippen LogP contribution in [-0.4, -0.2) is 65.9 Å². The molecule has 2 aromatic rings. The highest BCUT2D eigenvalue weighted by molar-refractivity contribution is 7.98. The molecule has 3 aliphatic rings. The topological polar surface area (TPSA) is 131 Å². The summed E-state index contributed by atoms with van der Waals surface area (Å²) in [5, 5.41) is 25.0. The van der Waals surface area contributed by atoms with Crippen LogP contribution in [0.25, 0.3) is 0 Å². The smallest absolute Gasteiger partial charge is 0.231 e. The van der Waals surface area contributed by atoms with Crippen LogP contribution in [-0.2, 0) is 9.59 Å². The van der Waals surface area contributed by atoms with Gasteiger partial charge in [-0.2, -0.15) is 0 Å². The molecule has 2 aromatic carbocycles. The number of ketones is 2. The first-order valence-electron chi connectivity index (χ1n) is 14.3. The van der Waals surface area contributed by atoms with Crippen LogP contribution in [0.3, 0.4) is 0 Å². The second-order valence-electron chi connectivity index (χ2n) is 11.4. The van der Waals surface area contributed by atoms with Gasteiger partial charge in [-0.05, 0) is 49.6 Å². The lowest BCUT2D eigenvalue weighted by Crippen LogP contribution is -2.53. The summed E-state index contributed by atoms with van der Waals surface area (Å²) in [7, 11) is 2.82. The summed E-state index contributed by atoms with van der Waals surface area (Å²) in [4.78, 5) is 42.4. The van der Waals surface area contributed by atoms with Gasteiger partial charge in [0.15, 0.2) is 17.3 Å². The molecular weight excluding hydrogens is 594 g/mol. The summed E-state index contributed by atoms with van der Waals surface area (Å²) >= 11 is 8.13. The molecule has 0 saturated heterocycles. The fraction of sp³-hybridized carbons (Fsp3) is 0.469. The monoisotopic (exact) mass is 629 g/mol. The highest BCUT2D eigenvalue weighted by Gasteiger charge is 2.61. The van der Waals surface area contributed by atoms with E-state index >= 15 is 0 Å². The van der Waals surface area contributed by atoms with Crippen molar-refractivity contribution in [2.75, 3.05) is 20.5 Å². The molecule has 1 amide bonds. The number of benzene rings is 2. The first-order chi connectivity index (χ1) is 20.5. The Morgan fingerprint density at radius 1 is 1.14 bits per heavy atom. The van der Waals surface area contributed by atoms with E-state index in [0.717, 1.165) is 4.90 Å². The molecule has 9 nitrogen and oxygen atoms in total. The predicted octanol–water partition coefficient (Wildman–Crippen LogP) is 5.41. The third-order valence-electron chi connectivity index (χ3n) is 8.83. The van der Waals surface area contributed by atoms with E-state index in [1.54, 1.807) is 18.7 Å². The van der Waals surface area contributed by atoms with Crippen LogP contribution in [0.1, 0.15) is 67.3 Å². The van der Waals surface area contributed by atoms with E-state index in [9.17, 15) is 24.6 Å². The van der Waals surface area contributed by atoms with Crippen LogP contribution in [0.2, 0.25) is 5.02 Å². The van der Waals surface area contributed by atoms with Crippen molar-refractivity contribution in [2.24, 2.45) is 5.92 Å². The Bertz CT molecular complexity index is 1470. The fourth-order valence-electron chi connectivity index (χ4n) is 6.45. The maximum Gasteiger partial charge on any atom is 0.231 e. The summed E-state index contributed by atoms with van der Waals surface area (Å²) in [6.45, 7) is 1.67. The van der Waals surface area contributed by atoms with Crippen molar-refractivity contribution in [3.63, 3.8) is 0 Å². The third kappa shape index (κ3) is 5.49. The lowest BCUT2D eigenvalue weighted by molar-refractivity contribution is -0.122. The fourth-order valence-corrected chi connectivity index (χ4v) is 7.13. The first kappa shape index (κ1) is 31.2. The Morgan fingerprint density at radius 2 is 1.79 bits per heavy atom. The molecule has 0 radical (unpaired) electrons. The molecule has 5 rings (SSSR count). The highest BCUT2D eigenvalue weighted by Crippen LogP contribution is 2.55. The third-order valence-corrected chi connectivity index (χ3v) is 9.93. The molecule has 1 saturated carbocycles. The quantitative estimate of drug-likeness (QED) is 0.328. The van der Waals surface area contributed by atoms with E-state index < -0.39 is 29.0 Å². The Morgan fingerprint density at radius 3 is 2.40 bits per heavy atom. The van der Waals surface area contributed by atoms with E-state index in [2.05, 4.69) is 5.32 Å². The maximum atomic E-state index is 14.2. The van der Waals surface area contributed by atoms with Gasteiger partial charge in [0, 0.05) is 47.3 Å². The first-order valence-corrected chi connectivity index (χ1v) is 15.9. The van der Waals surface area contributed by atoms with Gasteiger partial charge < -0.3 is 29.7 Å². The number of amides is 1. The normalized spacial score (nSPS) is 25.8. The minimum Gasteiger partial charge on any atom is -0.507 e. The van der Waals surface area contributed by atoms with Crippen LogP contribution >= 0.6 is 23.4 Å². The van der Waals surface area contributed by atoms with Crippen LogP contribution in [0.15, 0.2) is 46.6 Å². The number of hydrogen-bond donors (Lipinski definition) is 3. The second-order valence-corrected chi connectivity index (χ2v) is 12.6. The van der Waals surface area contributed by atoms with Gasteiger partial charge in [0.1, 0.15) is 22.1 Å². The maximum absolute atomic E-state index is 14.2. The molecule has 3 N–H and O–H groups in total. The SMILES string of the molecule is COc1cc(OC)c2c(c1Cl)OC1(C2=O)C(O)=C(C(CC(=O)NC2CCC(O)CC2)c2ccc(SC)cc2)C(=O)CC1C. The van der Waals surface area contributed by atoms with Gasteiger partial charge in [0.25, 0.3) is 0 Å². The van der Waals surface area contributed by atoms with Crippen molar-refractivity contribution in [1.82, 2.24) is 5.32 Å². The van der Waals surface area contributed by atoms with E-state index in [4.69, 9.17) is 25.8 Å². The van der Waals surface area contributed by atoms with Gasteiger partial charge in [-0.3, -0.25) is 14.4 Å². The van der Waals surface area contributed by atoms with Crippen molar-refractivity contribution in [2.45, 2.75) is 74.0 Å². The number of carbonyl (C=O) groups excluding carboxylic acids is 3. The number of Topliss-reactive ketones (excluding diaryl/α,β-unsaturated/α-hetero) is 2. The van der Waals surface area contributed by atoms with Crippen molar-refractivity contribution in [3.05, 3.63) is 57.8 Å². The van der Waals surface area contributed by atoms with Gasteiger partial charge in [-0.25, -0.2) is 0 Å².